The summed E-state index contributed by atoms with van der Waals surface area (Å²) < 4.78 is 5.07. The van der Waals surface area contributed by atoms with E-state index >= 15 is 0 Å². The molecule has 2 rings (SSSR count). The maximum Gasteiger partial charge on any atom is 0.336 e. The fourth-order valence-corrected chi connectivity index (χ4v) is 1.98. The molecule has 0 aliphatic carbocycles. The fraction of sp³-hybridized carbons (Fsp3) is 0.125. The molecule has 5 nitrogen and oxygen atoms in total. The number of nitrogens with one attached hydrogen (secondary N) is 1. The second-order valence-electron chi connectivity index (χ2n) is 4.40. The number of methoxy groups -OCH3 is 1. The topological polar surface area (TPSA) is 75.6 Å². The molecular weight excluding hydrogens is 270 g/mol. The monoisotopic (exact) mass is 285 g/mol. The highest BCUT2D eigenvalue weighted by atomic mass is 16.5. The van der Waals surface area contributed by atoms with Crippen LogP contribution in [0.25, 0.3) is 0 Å². The number of anilines is 1. The second-order valence-corrected chi connectivity index (χ2v) is 4.40. The molecule has 21 heavy (non-hydrogen) atoms. The molecular formula is C16H15NO4. The normalized spacial score (nSPS) is 10.1. The molecule has 0 unspecified atom stereocenters. The van der Waals surface area contributed by atoms with Crippen LogP contribution < -0.4 is 5.32 Å². The predicted octanol–water partition coefficient (Wildman–Crippen LogP) is 2.78. The molecule has 0 saturated heterocycles. The summed E-state index contributed by atoms with van der Waals surface area (Å²) in [4.78, 5) is 23.4. The number of carboxylic acids is 1. The molecule has 2 aromatic rings. The molecule has 0 aliphatic rings. The van der Waals surface area contributed by atoms with Gasteiger partial charge in [0.2, 0.25) is 0 Å². The number of carbonyl (C=O) groups is 2. The van der Waals surface area contributed by atoms with Gasteiger partial charge < -0.3 is 15.2 Å². The Hall–Kier alpha value is -2.66. The maximum atomic E-state index is 12.3. The van der Waals surface area contributed by atoms with Crippen LogP contribution in [0.1, 0.15) is 26.3 Å². The highest BCUT2D eigenvalue weighted by molar-refractivity contribution is 6.10. The number of carboxylic acid groups (broad SMARTS) is 1. The van der Waals surface area contributed by atoms with Crippen LogP contribution in [0.15, 0.2) is 48.5 Å². The molecule has 0 bridgehead atoms. The minimum Gasteiger partial charge on any atom is -0.478 e. The summed E-state index contributed by atoms with van der Waals surface area (Å²) >= 11 is 0. The van der Waals surface area contributed by atoms with Crippen LogP contribution in [0, 0.1) is 0 Å². The van der Waals surface area contributed by atoms with Crippen molar-refractivity contribution in [1.82, 2.24) is 0 Å². The van der Waals surface area contributed by atoms with Crippen molar-refractivity contribution in [2.75, 3.05) is 12.4 Å². The average Bonchev–Trinajstić information content (AvgIpc) is 2.49. The molecule has 0 saturated carbocycles. The minimum absolute atomic E-state index is 0.0285. The lowest BCUT2D eigenvalue weighted by atomic mass is 10.1. The summed E-state index contributed by atoms with van der Waals surface area (Å²) in [7, 11) is 1.57. The Kier molecular flexibility index (Phi) is 4.68. The Morgan fingerprint density at radius 1 is 1.05 bits per heavy atom. The van der Waals surface area contributed by atoms with Crippen molar-refractivity contribution in [2.45, 2.75) is 6.61 Å². The Balaban J connectivity index is 2.29. The molecule has 0 aromatic heterocycles. The Morgan fingerprint density at radius 2 is 1.67 bits per heavy atom. The van der Waals surface area contributed by atoms with Crippen LogP contribution >= 0.6 is 0 Å². The van der Waals surface area contributed by atoms with Crippen LogP contribution in [0.3, 0.4) is 0 Å². The average molecular weight is 285 g/mol. The molecule has 0 aliphatic heterocycles. The smallest absolute Gasteiger partial charge is 0.336 e. The number of carbonyl (C=O) groups excluding carboxylic acids is 1. The van der Waals surface area contributed by atoms with Gasteiger partial charge in [-0.2, -0.15) is 0 Å². The molecule has 0 heterocycles. The number of para-hydroxylation sites is 1. The van der Waals surface area contributed by atoms with Gasteiger partial charge in [0.1, 0.15) is 0 Å². The minimum atomic E-state index is -1.13. The summed E-state index contributed by atoms with van der Waals surface area (Å²) in [6, 6.07) is 13.3. The van der Waals surface area contributed by atoms with E-state index in [0.717, 1.165) is 5.56 Å². The third-order valence-corrected chi connectivity index (χ3v) is 2.97. The summed E-state index contributed by atoms with van der Waals surface area (Å²) in [6.07, 6.45) is 0. The number of ether oxygens (including phenoxy) is 1. The van der Waals surface area contributed by atoms with Crippen LogP contribution in [0.2, 0.25) is 0 Å². The van der Waals surface area contributed by atoms with Gasteiger partial charge in [0.05, 0.1) is 17.7 Å². The van der Waals surface area contributed by atoms with Crippen LogP contribution in [-0.2, 0) is 11.3 Å². The lowest BCUT2D eigenvalue weighted by molar-refractivity contribution is 0.0692. The lowest BCUT2D eigenvalue weighted by Crippen LogP contribution is -2.17. The van der Waals surface area contributed by atoms with Gasteiger partial charge in [-0.1, -0.05) is 30.3 Å². The molecule has 2 aromatic carbocycles. The zero-order valence-corrected chi connectivity index (χ0v) is 11.5. The van der Waals surface area contributed by atoms with E-state index < -0.39 is 11.9 Å². The van der Waals surface area contributed by atoms with Gasteiger partial charge in [-0.05, 0) is 18.2 Å². The number of amides is 1. The standard InChI is InChI=1S/C16H15NO4/c1-21-10-11-6-2-5-9-14(11)17-15(18)12-7-3-4-8-13(12)16(19)20/h2-9H,10H2,1H3,(H,17,18)(H,19,20). The molecule has 1 amide bonds. The molecule has 0 fully saturated rings. The number of rotatable bonds is 5. The number of aromatic carboxylic acids is 1. The Morgan fingerprint density at radius 3 is 2.33 bits per heavy atom. The van der Waals surface area contributed by atoms with Crippen molar-refractivity contribution in [3.05, 3.63) is 65.2 Å². The van der Waals surface area contributed by atoms with Crippen LogP contribution in [0.4, 0.5) is 5.69 Å². The van der Waals surface area contributed by atoms with Crippen molar-refractivity contribution in [3.63, 3.8) is 0 Å². The Labute approximate surface area is 122 Å². The molecule has 108 valence electrons. The first kappa shape index (κ1) is 14.7. The summed E-state index contributed by atoms with van der Waals surface area (Å²) in [5, 5.41) is 11.8. The number of hydrogen-bond acceptors (Lipinski definition) is 3. The van der Waals surface area contributed by atoms with E-state index in [1.807, 2.05) is 12.1 Å². The quantitative estimate of drug-likeness (QED) is 0.885. The predicted molar refractivity (Wildman–Crippen MR) is 78.5 cm³/mol. The van der Waals surface area contributed by atoms with E-state index in [0.29, 0.717) is 12.3 Å². The van der Waals surface area contributed by atoms with Crippen LogP contribution in [0.5, 0.6) is 0 Å². The van der Waals surface area contributed by atoms with Gasteiger partial charge in [-0.3, -0.25) is 4.79 Å². The van der Waals surface area contributed by atoms with Gasteiger partial charge in [0.15, 0.2) is 0 Å². The first-order valence-corrected chi connectivity index (χ1v) is 6.34. The second kappa shape index (κ2) is 6.67. The van der Waals surface area contributed by atoms with Gasteiger partial charge >= 0.3 is 5.97 Å². The van der Waals surface area contributed by atoms with Gasteiger partial charge in [0, 0.05) is 18.4 Å². The van der Waals surface area contributed by atoms with E-state index in [9.17, 15) is 9.59 Å². The van der Waals surface area contributed by atoms with Crippen molar-refractivity contribution in [3.8, 4) is 0 Å². The van der Waals surface area contributed by atoms with Gasteiger partial charge in [0.25, 0.3) is 5.91 Å². The lowest BCUT2D eigenvalue weighted by Gasteiger charge is -2.11. The summed E-state index contributed by atoms with van der Waals surface area (Å²) in [5.41, 5.74) is 1.52. The first-order chi connectivity index (χ1) is 10.1. The van der Waals surface area contributed by atoms with Crippen LogP contribution in [-0.4, -0.2) is 24.1 Å². The molecule has 2 N–H and O–H groups in total. The van der Waals surface area contributed by atoms with E-state index in [2.05, 4.69) is 5.32 Å². The van der Waals surface area contributed by atoms with Crippen molar-refractivity contribution in [1.29, 1.82) is 0 Å². The summed E-state index contributed by atoms with van der Waals surface area (Å²) in [6.45, 7) is 0.358. The number of hydrogen-bond donors (Lipinski definition) is 2. The summed E-state index contributed by atoms with van der Waals surface area (Å²) in [5.74, 6) is -1.59. The number of benzene rings is 2. The molecule has 0 radical (unpaired) electrons. The van der Waals surface area contributed by atoms with Gasteiger partial charge in [-0.15, -0.1) is 0 Å². The zero-order chi connectivity index (χ0) is 15.2. The molecule has 0 atom stereocenters. The first-order valence-electron chi connectivity index (χ1n) is 6.34. The zero-order valence-electron chi connectivity index (χ0n) is 11.5. The van der Waals surface area contributed by atoms with Crippen molar-refractivity contribution in [2.24, 2.45) is 0 Å². The fourth-order valence-electron chi connectivity index (χ4n) is 1.98. The molecule has 0 spiro atoms. The highest BCUT2D eigenvalue weighted by Gasteiger charge is 2.16. The van der Waals surface area contributed by atoms with E-state index in [1.54, 1.807) is 31.4 Å². The Bertz CT molecular complexity index is 667. The van der Waals surface area contributed by atoms with E-state index in [1.165, 1.54) is 12.1 Å². The molecule has 5 heteroatoms. The van der Waals surface area contributed by atoms with E-state index in [4.69, 9.17) is 9.84 Å². The highest BCUT2D eigenvalue weighted by Crippen LogP contribution is 2.18. The van der Waals surface area contributed by atoms with Crippen molar-refractivity contribution < 1.29 is 19.4 Å². The third kappa shape index (κ3) is 3.46. The van der Waals surface area contributed by atoms with Crippen molar-refractivity contribution >= 4 is 17.6 Å². The van der Waals surface area contributed by atoms with Gasteiger partial charge in [-0.25, -0.2) is 4.79 Å². The van der Waals surface area contributed by atoms with E-state index in [-0.39, 0.29) is 11.1 Å². The SMILES string of the molecule is COCc1ccccc1NC(=O)c1ccccc1C(=O)O. The maximum absolute atomic E-state index is 12.3. The third-order valence-electron chi connectivity index (χ3n) is 2.97. The largest absolute Gasteiger partial charge is 0.478 e.